The Kier molecular flexibility index (Phi) is 6.80. The Balaban J connectivity index is 0.00000441. The fourth-order valence-corrected chi connectivity index (χ4v) is 4.70. The zero-order valence-electron chi connectivity index (χ0n) is 14.5. The molecule has 1 amide bonds. The topological polar surface area (TPSA) is 92.7 Å². The van der Waals surface area contributed by atoms with Crippen LogP contribution >= 0.6 is 0 Å². The zero-order chi connectivity index (χ0) is 17.0. The number of hydroxylamine groups is 1. The normalized spacial score (nSPS) is 30.0. The fraction of sp³-hybridized carbons (Fsp3) is 0.929. The zero-order valence-corrected chi connectivity index (χ0v) is 16.0. The molecule has 0 saturated carbocycles. The van der Waals surface area contributed by atoms with E-state index in [0.29, 0.717) is 0 Å². The SMILES string of the molecule is CC1(C)C(C(=O)NO)N(S(=O)[O-])C(C)(C)C(C)(C)C1(C)C.[Ar]. The number of nitrogens with zero attached hydrogens (tertiary/aromatic N) is 1. The Morgan fingerprint density at radius 3 is 1.82 bits per heavy atom. The molecule has 0 aromatic heterocycles. The van der Waals surface area contributed by atoms with Gasteiger partial charge in [-0.05, 0) is 30.1 Å². The second-order valence-electron chi connectivity index (χ2n) is 7.95. The van der Waals surface area contributed by atoms with Crippen molar-refractivity contribution in [2.75, 3.05) is 0 Å². The van der Waals surface area contributed by atoms with Crippen LogP contribution in [0.1, 0.15) is 55.4 Å². The van der Waals surface area contributed by atoms with Crippen LogP contribution in [0.15, 0.2) is 0 Å². The van der Waals surface area contributed by atoms with Gasteiger partial charge in [0, 0.05) is 54.5 Å². The molecule has 1 aliphatic rings. The second-order valence-corrected chi connectivity index (χ2v) is 8.78. The van der Waals surface area contributed by atoms with Crippen molar-refractivity contribution in [3.8, 4) is 0 Å². The molecule has 0 bridgehead atoms. The second kappa shape index (κ2) is 6.58. The van der Waals surface area contributed by atoms with Crippen LogP contribution in [-0.4, -0.2) is 35.8 Å². The van der Waals surface area contributed by atoms with Gasteiger partial charge in [-0.3, -0.25) is 14.2 Å². The summed E-state index contributed by atoms with van der Waals surface area (Å²) in [5.41, 5.74) is -0.625. The van der Waals surface area contributed by atoms with Crippen molar-refractivity contribution in [3.63, 3.8) is 0 Å². The van der Waals surface area contributed by atoms with Crippen molar-refractivity contribution in [1.29, 1.82) is 0 Å². The summed E-state index contributed by atoms with van der Waals surface area (Å²) in [6.45, 7) is 15.5. The number of hydrogen-bond donors (Lipinski definition) is 2. The first-order valence-corrected chi connectivity index (χ1v) is 8.03. The minimum absolute atomic E-state index is 0. The molecule has 0 radical (unpaired) electrons. The van der Waals surface area contributed by atoms with Crippen molar-refractivity contribution in [2.24, 2.45) is 16.2 Å². The molecule has 2 atom stereocenters. The van der Waals surface area contributed by atoms with E-state index in [1.54, 1.807) is 5.48 Å². The summed E-state index contributed by atoms with van der Waals surface area (Å²) in [4.78, 5) is 12.2. The number of rotatable bonds is 2. The van der Waals surface area contributed by atoms with Crippen molar-refractivity contribution in [3.05, 3.63) is 0 Å². The van der Waals surface area contributed by atoms with E-state index >= 15 is 0 Å². The van der Waals surface area contributed by atoms with Gasteiger partial charge in [-0.15, -0.1) is 0 Å². The maximum atomic E-state index is 12.2. The molecule has 0 aliphatic carbocycles. The molecule has 1 fully saturated rings. The van der Waals surface area contributed by atoms with Gasteiger partial charge < -0.3 is 4.55 Å². The van der Waals surface area contributed by atoms with E-state index in [9.17, 15) is 13.6 Å². The van der Waals surface area contributed by atoms with Gasteiger partial charge in [0.2, 0.25) is 0 Å². The first kappa shape index (κ1) is 22.8. The monoisotopic (exact) mass is 359 g/mol. The minimum atomic E-state index is -2.59. The van der Waals surface area contributed by atoms with E-state index in [1.165, 1.54) is 4.31 Å². The average molecular weight is 359 g/mol. The smallest absolute Gasteiger partial charge is 0.262 e. The molecule has 1 aliphatic heterocycles. The van der Waals surface area contributed by atoms with E-state index in [4.69, 9.17) is 5.21 Å². The van der Waals surface area contributed by atoms with Crippen molar-refractivity contribution in [2.45, 2.75) is 67.0 Å². The molecule has 0 spiro atoms. The third-order valence-electron chi connectivity index (χ3n) is 6.69. The number of nitrogens with one attached hydrogen (secondary N) is 1. The van der Waals surface area contributed by atoms with Crippen LogP contribution in [0, 0.1) is 54.0 Å². The average Bonchev–Trinajstić information content (AvgIpc) is 2.31. The number of hydrogen-bond acceptors (Lipinski definition) is 4. The number of piperidine rings is 1. The maximum absolute atomic E-state index is 12.2. The number of carbonyl (C=O) groups excluding carboxylic acids is 1. The Morgan fingerprint density at radius 2 is 1.50 bits per heavy atom. The predicted octanol–water partition coefficient (Wildman–Crippen LogP) is 1.83. The van der Waals surface area contributed by atoms with Crippen LogP contribution in [0.5, 0.6) is 0 Å². The standard InChI is InChI=1S/C14H28N2O4S.Ar/c1-11(2)9(10(17)15-18)16(21(19)20)14(7,8)13(5,6)12(11,3)4;/h9,18H,1-8H3,(H,15,17)(H,19,20);/p-1. The Morgan fingerprint density at radius 1 is 1.09 bits per heavy atom. The maximum Gasteiger partial charge on any atom is 0.262 e. The van der Waals surface area contributed by atoms with E-state index in [1.807, 2.05) is 55.4 Å². The molecule has 0 aromatic rings. The molecule has 0 aromatic carbocycles. The molecule has 1 heterocycles. The van der Waals surface area contributed by atoms with Gasteiger partial charge in [0.1, 0.15) is 6.04 Å². The summed E-state index contributed by atoms with van der Waals surface area (Å²) < 4.78 is 24.9. The summed E-state index contributed by atoms with van der Waals surface area (Å²) in [6, 6.07) is -0.987. The van der Waals surface area contributed by atoms with Crippen LogP contribution in [0.2, 0.25) is 0 Å². The summed E-state index contributed by atoms with van der Waals surface area (Å²) in [5, 5.41) is 9.06. The number of amides is 1. The van der Waals surface area contributed by atoms with E-state index in [2.05, 4.69) is 0 Å². The summed E-state index contributed by atoms with van der Waals surface area (Å²) in [5.74, 6) is -0.708. The molecular weight excluding hydrogens is 332 g/mol. The van der Waals surface area contributed by atoms with Crippen LogP contribution < -0.4 is 5.48 Å². The van der Waals surface area contributed by atoms with E-state index < -0.39 is 39.6 Å². The fourth-order valence-electron chi connectivity index (χ4n) is 3.57. The van der Waals surface area contributed by atoms with Crippen LogP contribution in [0.3, 0.4) is 0 Å². The van der Waals surface area contributed by atoms with Gasteiger partial charge in [-0.2, -0.15) is 0 Å². The molecular formula is C14H27ArN2O4S-. The predicted molar refractivity (Wildman–Crippen MR) is 79.9 cm³/mol. The first-order chi connectivity index (χ1) is 9.17. The van der Waals surface area contributed by atoms with Crippen LogP contribution in [0.4, 0.5) is 0 Å². The van der Waals surface area contributed by atoms with Crippen LogP contribution in [0.25, 0.3) is 0 Å². The molecule has 2 unspecified atom stereocenters. The Hall–Kier alpha value is 0.760. The third kappa shape index (κ3) is 2.80. The molecule has 1 rings (SSSR count). The first-order valence-electron chi connectivity index (χ1n) is 7.00. The third-order valence-corrected chi connectivity index (χ3v) is 7.68. The van der Waals surface area contributed by atoms with Crippen molar-refractivity contribution < 1.29 is 56.5 Å². The number of carbonyl (C=O) groups is 1. The van der Waals surface area contributed by atoms with Gasteiger partial charge in [0.15, 0.2) is 0 Å². The molecule has 8 heteroatoms. The van der Waals surface area contributed by atoms with E-state index in [-0.39, 0.29) is 43.2 Å². The Bertz CT molecular complexity index is 477. The minimum Gasteiger partial charge on any atom is -0.760 e. The quantitative estimate of drug-likeness (QED) is 0.447. The summed E-state index contributed by atoms with van der Waals surface area (Å²) in [6.07, 6.45) is 0. The molecule has 6 nitrogen and oxygen atoms in total. The van der Waals surface area contributed by atoms with Gasteiger partial charge in [0.25, 0.3) is 5.91 Å². The molecule has 132 valence electrons. The van der Waals surface area contributed by atoms with Gasteiger partial charge >= 0.3 is 0 Å². The van der Waals surface area contributed by atoms with Gasteiger partial charge in [-0.25, -0.2) is 9.79 Å². The molecule has 1 saturated heterocycles. The van der Waals surface area contributed by atoms with Crippen molar-refractivity contribution in [1.82, 2.24) is 9.79 Å². The van der Waals surface area contributed by atoms with Gasteiger partial charge in [-0.1, -0.05) is 41.5 Å². The molecule has 22 heavy (non-hydrogen) atoms. The largest absolute Gasteiger partial charge is 0.760 e. The van der Waals surface area contributed by atoms with Gasteiger partial charge in [0.05, 0.1) is 0 Å². The summed E-state index contributed by atoms with van der Waals surface area (Å²) >= 11 is -2.59. The van der Waals surface area contributed by atoms with Crippen LogP contribution in [-0.2, 0) is 16.1 Å². The summed E-state index contributed by atoms with van der Waals surface area (Å²) in [7, 11) is 0. The van der Waals surface area contributed by atoms with Crippen molar-refractivity contribution >= 4 is 17.2 Å². The Labute approximate surface area is 165 Å². The van der Waals surface area contributed by atoms with E-state index in [0.717, 1.165) is 0 Å². The molecule has 2 N–H and O–H groups in total.